The number of hydrogen-bond donors (Lipinski definition) is 1. The maximum Gasteiger partial charge on any atom is 0.342 e. The maximum absolute atomic E-state index is 13.4. The average molecular weight is 425 g/mol. The zero-order valence-corrected chi connectivity index (χ0v) is 16.2. The fourth-order valence-corrected chi connectivity index (χ4v) is 2.51. The number of pyridine rings is 1. The number of carbonyl (C=O) groups excluding carboxylic acids is 2. The lowest BCUT2D eigenvalue weighted by Crippen LogP contribution is -2.30. The van der Waals surface area contributed by atoms with Crippen LogP contribution >= 0.6 is 0 Å². The van der Waals surface area contributed by atoms with Crippen molar-refractivity contribution in [2.24, 2.45) is 0 Å². The summed E-state index contributed by atoms with van der Waals surface area (Å²) in [6.45, 7) is 1.33. The lowest BCUT2D eigenvalue weighted by atomic mass is 10.2. The molecule has 0 aliphatic rings. The summed E-state index contributed by atoms with van der Waals surface area (Å²) in [5.41, 5.74) is -0.714. The first-order chi connectivity index (χ1) is 14.8. The molecule has 158 valence electrons. The molecule has 1 atom stereocenters. The van der Waals surface area contributed by atoms with Gasteiger partial charge in [-0.3, -0.25) is 19.9 Å². The van der Waals surface area contributed by atoms with Crippen LogP contribution in [0, 0.1) is 15.9 Å². The van der Waals surface area contributed by atoms with Gasteiger partial charge in [0.2, 0.25) is 5.82 Å². The molecule has 0 saturated heterocycles. The van der Waals surface area contributed by atoms with Crippen LogP contribution in [0.4, 0.5) is 15.8 Å². The fourth-order valence-electron chi connectivity index (χ4n) is 2.51. The van der Waals surface area contributed by atoms with Crippen LogP contribution in [-0.2, 0) is 9.53 Å². The Hall–Kier alpha value is -4.34. The van der Waals surface area contributed by atoms with Crippen LogP contribution in [0.3, 0.4) is 0 Å². The molecule has 1 N–H and O–H groups in total. The van der Waals surface area contributed by atoms with Crippen molar-refractivity contribution in [1.82, 2.24) is 4.98 Å². The number of esters is 1. The Morgan fingerprint density at radius 1 is 1.16 bits per heavy atom. The fraction of sp³-hybridized carbons (Fsp3) is 0.0952. The molecule has 3 rings (SSSR count). The van der Waals surface area contributed by atoms with E-state index in [9.17, 15) is 24.1 Å². The standard InChI is InChI=1S/C21H16FN3O6/c1-13(20(26)24-14-8-9-17(22)18(11-14)25(28)29)30-21(27)16-6-2-3-7-19(16)31-15-5-4-10-23-12-15/h2-13H,1H3,(H,24,26). The summed E-state index contributed by atoms with van der Waals surface area (Å²) in [7, 11) is 0. The molecule has 2 aromatic carbocycles. The number of nitro groups is 1. The SMILES string of the molecule is CC(OC(=O)c1ccccc1Oc1cccnc1)C(=O)Nc1ccc(F)c([N+](=O)[O-])c1. The number of halogens is 1. The highest BCUT2D eigenvalue weighted by molar-refractivity contribution is 5.98. The van der Waals surface area contributed by atoms with Crippen molar-refractivity contribution in [3.63, 3.8) is 0 Å². The van der Waals surface area contributed by atoms with E-state index < -0.39 is 34.4 Å². The first-order valence-corrected chi connectivity index (χ1v) is 8.98. The van der Waals surface area contributed by atoms with E-state index in [-0.39, 0.29) is 17.0 Å². The van der Waals surface area contributed by atoms with Gasteiger partial charge in [0.1, 0.15) is 17.1 Å². The monoisotopic (exact) mass is 425 g/mol. The average Bonchev–Trinajstić information content (AvgIpc) is 2.75. The molecule has 1 unspecified atom stereocenters. The molecule has 9 nitrogen and oxygen atoms in total. The van der Waals surface area contributed by atoms with Crippen LogP contribution in [0.5, 0.6) is 11.5 Å². The second kappa shape index (κ2) is 9.44. The molecule has 1 amide bonds. The van der Waals surface area contributed by atoms with Crippen molar-refractivity contribution in [3.05, 3.63) is 88.5 Å². The van der Waals surface area contributed by atoms with Crippen LogP contribution < -0.4 is 10.1 Å². The second-order valence-corrected chi connectivity index (χ2v) is 6.25. The number of para-hydroxylation sites is 1. The smallest absolute Gasteiger partial charge is 0.342 e. The highest BCUT2D eigenvalue weighted by Crippen LogP contribution is 2.26. The largest absolute Gasteiger partial charge is 0.455 e. The van der Waals surface area contributed by atoms with Gasteiger partial charge in [-0.05, 0) is 43.3 Å². The number of ether oxygens (including phenoxy) is 2. The van der Waals surface area contributed by atoms with Crippen molar-refractivity contribution in [3.8, 4) is 11.5 Å². The third-order valence-electron chi connectivity index (χ3n) is 4.03. The molecular formula is C21H16FN3O6. The Kier molecular flexibility index (Phi) is 6.51. The molecule has 1 heterocycles. The molecule has 0 fully saturated rings. The first-order valence-electron chi connectivity index (χ1n) is 8.98. The number of anilines is 1. The van der Waals surface area contributed by atoms with Gasteiger partial charge in [-0.25, -0.2) is 4.79 Å². The zero-order valence-electron chi connectivity index (χ0n) is 16.2. The topological polar surface area (TPSA) is 121 Å². The predicted octanol–water partition coefficient (Wildman–Crippen LogP) is 4.11. The number of carbonyl (C=O) groups is 2. The molecule has 0 spiro atoms. The quantitative estimate of drug-likeness (QED) is 0.344. The van der Waals surface area contributed by atoms with Gasteiger partial charge in [-0.2, -0.15) is 4.39 Å². The van der Waals surface area contributed by atoms with Gasteiger partial charge in [0.05, 0.1) is 11.1 Å². The number of nitrogens with zero attached hydrogens (tertiary/aromatic N) is 2. The summed E-state index contributed by atoms with van der Waals surface area (Å²) < 4.78 is 24.3. The maximum atomic E-state index is 13.4. The minimum atomic E-state index is -1.25. The summed E-state index contributed by atoms with van der Waals surface area (Å²) in [6.07, 6.45) is 1.80. The van der Waals surface area contributed by atoms with Crippen molar-refractivity contribution in [1.29, 1.82) is 0 Å². The minimum Gasteiger partial charge on any atom is -0.455 e. The zero-order chi connectivity index (χ0) is 22.4. The van der Waals surface area contributed by atoms with Crippen molar-refractivity contribution in [2.45, 2.75) is 13.0 Å². The first kappa shape index (κ1) is 21.4. The summed E-state index contributed by atoms with van der Waals surface area (Å²) >= 11 is 0. The highest BCUT2D eigenvalue weighted by atomic mass is 19.1. The molecule has 0 saturated carbocycles. The summed E-state index contributed by atoms with van der Waals surface area (Å²) in [4.78, 5) is 38.8. The van der Waals surface area contributed by atoms with E-state index in [1.165, 1.54) is 19.2 Å². The molecule has 31 heavy (non-hydrogen) atoms. The molecule has 1 aromatic heterocycles. The Bertz CT molecular complexity index is 1120. The lowest BCUT2D eigenvalue weighted by Gasteiger charge is -2.15. The van der Waals surface area contributed by atoms with Crippen LogP contribution in [0.1, 0.15) is 17.3 Å². The normalized spacial score (nSPS) is 11.3. The third kappa shape index (κ3) is 5.38. The Balaban J connectivity index is 1.69. The van der Waals surface area contributed by atoms with E-state index >= 15 is 0 Å². The molecular weight excluding hydrogens is 409 g/mol. The van der Waals surface area contributed by atoms with E-state index in [4.69, 9.17) is 9.47 Å². The van der Waals surface area contributed by atoms with Crippen molar-refractivity contribution >= 4 is 23.3 Å². The van der Waals surface area contributed by atoms with Crippen LogP contribution in [-0.4, -0.2) is 27.9 Å². The minimum absolute atomic E-state index is 0.0127. The number of hydrogen-bond acceptors (Lipinski definition) is 7. The van der Waals surface area contributed by atoms with Crippen LogP contribution in [0.15, 0.2) is 67.0 Å². The Morgan fingerprint density at radius 2 is 1.94 bits per heavy atom. The van der Waals surface area contributed by atoms with Gasteiger partial charge < -0.3 is 14.8 Å². The molecule has 10 heteroatoms. The van der Waals surface area contributed by atoms with Gasteiger partial charge in [0.15, 0.2) is 6.10 Å². The number of rotatable bonds is 7. The van der Waals surface area contributed by atoms with Crippen molar-refractivity contribution in [2.75, 3.05) is 5.32 Å². The summed E-state index contributed by atoms with van der Waals surface area (Å²) in [5, 5.41) is 13.2. The van der Waals surface area contributed by atoms with Gasteiger partial charge >= 0.3 is 11.7 Å². The van der Waals surface area contributed by atoms with E-state index in [1.807, 2.05) is 0 Å². The molecule has 0 radical (unpaired) electrons. The third-order valence-corrected chi connectivity index (χ3v) is 4.03. The number of amides is 1. The van der Waals surface area contributed by atoms with E-state index in [0.29, 0.717) is 5.75 Å². The number of benzene rings is 2. The lowest BCUT2D eigenvalue weighted by molar-refractivity contribution is -0.387. The van der Waals surface area contributed by atoms with Crippen LogP contribution in [0.2, 0.25) is 0 Å². The predicted molar refractivity (Wildman–Crippen MR) is 107 cm³/mol. The molecule has 0 aliphatic carbocycles. The van der Waals surface area contributed by atoms with Crippen LogP contribution in [0.25, 0.3) is 0 Å². The molecule has 3 aromatic rings. The molecule has 0 bridgehead atoms. The van der Waals surface area contributed by atoms with Gasteiger partial charge in [0, 0.05) is 18.0 Å². The van der Waals surface area contributed by atoms with E-state index in [1.54, 1.807) is 36.5 Å². The van der Waals surface area contributed by atoms with Gasteiger partial charge in [-0.15, -0.1) is 0 Å². The number of aromatic nitrogens is 1. The second-order valence-electron chi connectivity index (χ2n) is 6.25. The van der Waals surface area contributed by atoms with E-state index in [2.05, 4.69) is 10.3 Å². The van der Waals surface area contributed by atoms with E-state index in [0.717, 1.165) is 18.2 Å². The number of nitrogens with one attached hydrogen (secondary N) is 1. The Morgan fingerprint density at radius 3 is 2.65 bits per heavy atom. The molecule has 0 aliphatic heterocycles. The summed E-state index contributed by atoms with van der Waals surface area (Å²) in [6, 6.07) is 12.5. The van der Waals surface area contributed by atoms with Crippen molar-refractivity contribution < 1.29 is 28.4 Å². The summed E-state index contributed by atoms with van der Waals surface area (Å²) in [5.74, 6) is -1.98. The Labute approximate surface area is 175 Å². The van der Waals surface area contributed by atoms with Gasteiger partial charge in [-0.1, -0.05) is 12.1 Å². The number of nitro benzene ring substituents is 1. The highest BCUT2D eigenvalue weighted by Gasteiger charge is 2.23. The van der Waals surface area contributed by atoms with Gasteiger partial charge in [0.25, 0.3) is 5.91 Å².